The lowest BCUT2D eigenvalue weighted by molar-refractivity contribution is 0.398. The number of nitrogens with one attached hydrogen (secondary N) is 1. The molecule has 1 aromatic rings. The van der Waals surface area contributed by atoms with Crippen LogP contribution in [0.1, 0.15) is 51.0 Å². The Labute approximate surface area is 120 Å². The monoisotopic (exact) mass is 281 g/mol. The van der Waals surface area contributed by atoms with Crippen molar-refractivity contribution in [1.29, 1.82) is 0 Å². The summed E-state index contributed by atoms with van der Waals surface area (Å²) >= 11 is 0. The minimum Gasteiger partial charge on any atom is -0.316 e. The fraction of sp³-hybridized carbons (Fsp3) is 0.647. The first-order valence-electron chi connectivity index (χ1n) is 7.73. The zero-order valence-electron chi connectivity index (χ0n) is 12.5. The zero-order valence-corrected chi connectivity index (χ0v) is 12.5. The summed E-state index contributed by atoms with van der Waals surface area (Å²) < 4.78 is 26.9. The molecule has 1 unspecified atom stereocenters. The lowest BCUT2D eigenvalue weighted by Crippen LogP contribution is -2.28. The molecule has 20 heavy (non-hydrogen) atoms. The van der Waals surface area contributed by atoms with Gasteiger partial charge in [-0.2, -0.15) is 0 Å². The van der Waals surface area contributed by atoms with Gasteiger partial charge in [-0.1, -0.05) is 26.7 Å². The predicted octanol–water partition coefficient (Wildman–Crippen LogP) is 4.48. The van der Waals surface area contributed by atoms with Crippen LogP contribution in [-0.2, 0) is 0 Å². The van der Waals surface area contributed by atoms with Gasteiger partial charge in [-0.15, -0.1) is 0 Å². The van der Waals surface area contributed by atoms with Gasteiger partial charge in [0.25, 0.3) is 0 Å². The highest BCUT2D eigenvalue weighted by molar-refractivity contribution is 5.23. The van der Waals surface area contributed by atoms with E-state index >= 15 is 0 Å². The van der Waals surface area contributed by atoms with Gasteiger partial charge >= 0.3 is 0 Å². The normalized spacial score (nSPS) is 17.9. The topological polar surface area (TPSA) is 12.0 Å². The van der Waals surface area contributed by atoms with Gasteiger partial charge in [0.15, 0.2) is 0 Å². The molecule has 1 aliphatic carbocycles. The Balaban J connectivity index is 2.11. The van der Waals surface area contributed by atoms with Crippen molar-refractivity contribution in [2.75, 3.05) is 13.1 Å². The van der Waals surface area contributed by atoms with Crippen molar-refractivity contribution in [1.82, 2.24) is 5.32 Å². The van der Waals surface area contributed by atoms with Gasteiger partial charge in [-0.25, -0.2) is 8.78 Å². The summed E-state index contributed by atoms with van der Waals surface area (Å²) in [5.74, 6) is 0.430. The molecular weight excluding hydrogens is 256 g/mol. The molecule has 112 valence electrons. The van der Waals surface area contributed by atoms with Gasteiger partial charge < -0.3 is 5.32 Å². The molecule has 0 aromatic heterocycles. The average molecular weight is 281 g/mol. The van der Waals surface area contributed by atoms with Gasteiger partial charge in [0, 0.05) is 12.6 Å². The van der Waals surface area contributed by atoms with Gasteiger partial charge in [0.1, 0.15) is 11.6 Å². The minimum atomic E-state index is -0.466. The summed E-state index contributed by atoms with van der Waals surface area (Å²) in [7, 11) is 0. The van der Waals surface area contributed by atoms with Crippen LogP contribution in [0, 0.1) is 23.5 Å². The molecule has 1 fully saturated rings. The Morgan fingerprint density at radius 2 is 1.65 bits per heavy atom. The molecule has 0 aliphatic heterocycles. The maximum atomic E-state index is 13.5. The second-order valence-corrected chi connectivity index (χ2v) is 6.41. The van der Waals surface area contributed by atoms with E-state index in [0.717, 1.165) is 24.7 Å². The van der Waals surface area contributed by atoms with E-state index in [1.165, 1.54) is 37.8 Å². The highest BCUT2D eigenvalue weighted by atomic mass is 19.1. The van der Waals surface area contributed by atoms with Crippen LogP contribution in [0.3, 0.4) is 0 Å². The molecule has 1 N–H and O–H groups in total. The standard InChI is InChI=1S/C17H25F2N/c1-12(2)10-20-11-17(13-5-3-4-6-13)14-7-15(18)9-16(19)8-14/h7-9,12-13,17,20H,3-6,10-11H2,1-2H3. The number of hydrogen-bond donors (Lipinski definition) is 1. The number of benzene rings is 1. The average Bonchev–Trinajstić information content (AvgIpc) is 2.86. The third-order valence-electron chi connectivity index (χ3n) is 4.20. The van der Waals surface area contributed by atoms with Gasteiger partial charge in [-0.3, -0.25) is 0 Å². The molecule has 1 nitrogen and oxygen atoms in total. The third-order valence-corrected chi connectivity index (χ3v) is 4.20. The first-order chi connectivity index (χ1) is 9.56. The van der Waals surface area contributed by atoms with Crippen LogP contribution in [-0.4, -0.2) is 13.1 Å². The molecule has 0 amide bonds. The Morgan fingerprint density at radius 1 is 1.05 bits per heavy atom. The second kappa shape index (κ2) is 7.16. The van der Waals surface area contributed by atoms with E-state index in [0.29, 0.717) is 11.8 Å². The highest BCUT2D eigenvalue weighted by Gasteiger charge is 2.26. The maximum Gasteiger partial charge on any atom is 0.126 e. The van der Waals surface area contributed by atoms with Crippen molar-refractivity contribution in [2.45, 2.75) is 45.4 Å². The zero-order chi connectivity index (χ0) is 14.5. The molecule has 2 rings (SSSR count). The van der Waals surface area contributed by atoms with Gasteiger partial charge in [0.2, 0.25) is 0 Å². The summed E-state index contributed by atoms with van der Waals surface area (Å²) in [6.45, 7) is 6.09. The number of hydrogen-bond acceptors (Lipinski definition) is 1. The quantitative estimate of drug-likeness (QED) is 0.810. The van der Waals surface area contributed by atoms with Crippen LogP contribution in [0.2, 0.25) is 0 Å². The van der Waals surface area contributed by atoms with Gasteiger partial charge in [-0.05, 0) is 54.8 Å². The van der Waals surface area contributed by atoms with E-state index in [9.17, 15) is 8.78 Å². The molecular formula is C17H25F2N. The molecule has 1 aromatic carbocycles. The van der Waals surface area contributed by atoms with Crippen molar-refractivity contribution in [3.05, 3.63) is 35.4 Å². The minimum absolute atomic E-state index is 0.224. The second-order valence-electron chi connectivity index (χ2n) is 6.41. The fourth-order valence-corrected chi connectivity index (χ4v) is 3.23. The van der Waals surface area contributed by atoms with E-state index in [4.69, 9.17) is 0 Å². The van der Waals surface area contributed by atoms with Crippen LogP contribution in [0.15, 0.2) is 18.2 Å². The number of halogens is 2. The highest BCUT2D eigenvalue weighted by Crippen LogP contribution is 2.37. The maximum absolute atomic E-state index is 13.5. The Kier molecular flexibility index (Phi) is 5.53. The molecule has 1 atom stereocenters. The Morgan fingerprint density at radius 3 is 2.20 bits per heavy atom. The Bertz CT molecular complexity index is 405. The smallest absolute Gasteiger partial charge is 0.126 e. The van der Waals surface area contributed by atoms with Crippen LogP contribution < -0.4 is 5.32 Å². The van der Waals surface area contributed by atoms with E-state index in [2.05, 4.69) is 19.2 Å². The molecule has 0 bridgehead atoms. The first-order valence-corrected chi connectivity index (χ1v) is 7.73. The molecule has 0 saturated heterocycles. The fourth-order valence-electron chi connectivity index (χ4n) is 3.23. The van der Waals surface area contributed by atoms with Crippen molar-refractivity contribution < 1.29 is 8.78 Å². The van der Waals surface area contributed by atoms with E-state index in [1.807, 2.05) is 0 Å². The summed E-state index contributed by atoms with van der Waals surface area (Å²) in [6, 6.07) is 3.96. The summed E-state index contributed by atoms with van der Waals surface area (Å²) in [5, 5.41) is 3.45. The van der Waals surface area contributed by atoms with Crippen LogP contribution in [0.5, 0.6) is 0 Å². The van der Waals surface area contributed by atoms with Crippen LogP contribution in [0.25, 0.3) is 0 Å². The predicted molar refractivity (Wildman–Crippen MR) is 78.8 cm³/mol. The van der Waals surface area contributed by atoms with E-state index in [1.54, 1.807) is 0 Å². The molecule has 0 radical (unpaired) electrons. The van der Waals surface area contributed by atoms with Crippen LogP contribution in [0.4, 0.5) is 8.78 Å². The van der Waals surface area contributed by atoms with Crippen molar-refractivity contribution >= 4 is 0 Å². The van der Waals surface area contributed by atoms with Crippen molar-refractivity contribution in [2.24, 2.45) is 11.8 Å². The largest absolute Gasteiger partial charge is 0.316 e. The van der Waals surface area contributed by atoms with E-state index < -0.39 is 11.6 Å². The SMILES string of the molecule is CC(C)CNCC(c1cc(F)cc(F)c1)C1CCCC1. The summed E-state index contributed by atoms with van der Waals surface area (Å²) in [5.41, 5.74) is 0.811. The van der Waals surface area contributed by atoms with Crippen molar-refractivity contribution in [3.8, 4) is 0 Å². The molecule has 3 heteroatoms. The Hall–Kier alpha value is -0.960. The molecule has 0 heterocycles. The summed E-state index contributed by atoms with van der Waals surface area (Å²) in [6.07, 6.45) is 4.82. The lowest BCUT2D eigenvalue weighted by Gasteiger charge is -2.25. The molecule has 1 saturated carbocycles. The third kappa shape index (κ3) is 4.27. The molecule has 0 spiro atoms. The van der Waals surface area contributed by atoms with Crippen molar-refractivity contribution in [3.63, 3.8) is 0 Å². The molecule has 1 aliphatic rings. The number of rotatable bonds is 6. The van der Waals surface area contributed by atoms with Gasteiger partial charge in [0.05, 0.1) is 0 Å². The van der Waals surface area contributed by atoms with E-state index in [-0.39, 0.29) is 5.92 Å². The van der Waals surface area contributed by atoms with Crippen LogP contribution >= 0.6 is 0 Å². The first kappa shape index (κ1) is 15.4. The lowest BCUT2D eigenvalue weighted by atomic mass is 9.84. The summed E-state index contributed by atoms with van der Waals surface area (Å²) in [4.78, 5) is 0.